The lowest BCUT2D eigenvalue weighted by atomic mass is 9.91. The van der Waals surface area contributed by atoms with Gasteiger partial charge in [0, 0.05) is 42.8 Å². The molecular weight excluding hydrogens is 604 g/mol. The molecule has 0 radical (unpaired) electrons. The Morgan fingerprint density at radius 3 is 2.37 bits per heavy atom. The van der Waals surface area contributed by atoms with Crippen LogP contribution >= 0.6 is 11.8 Å². The van der Waals surface area contributed by atoms with E-state index >= 15 is 0 Å². The summed E-state index contributed by atoms with van der Waals surface area (Å²) in [5, 5.41) is 25.3. The molecule has 0 aliphatic carbocycles. The molecule has 5 rings (SSSR count). The quantitative estimate of drug-likeness (QED) is 0.0935. The fraction of sp³-hybridized carbons (Fsp3) is 0.306. The van der Waals surface area contributed by atoms with E-state index in [1.54, 1.807) is 12.1 Å². The first kappa shape index (κ1) is 33.2. The van der Waals surface area contributed by atoms with E-state index in [0.29, 0.717) is 10.8 Å². The minimum atomic E-state index is -0.880. The lowest BCUT2D eigenvalue weighted by Crippen LogP contribution is -2.39. The summed E-state index contributed by atoms with van der Waals surface area (Å²) < 4.78 is 19.0. The van der Waals surface area contributed by atoms with Gasteiger partial charge in [0.25, 0.3) is 10.9 Å². The van der Waals surface area contributed by atoms with Gasteiger partial charge in [0.2, 0.25) is 0 Å². The lowest BCUT2D eigenvalue weighted by molar-refractivity contribution is -0.645. The van der Waals surface area contributed by atoms with Crippen molar-refractivity contribution in [1.82, 2.24) is 5.32 Å². The van der Waals surface area contributed by atoms with E-state index in [2.05, 4.69) is 12.2 Å². The number of hydrogen-bond acceptors (Lipinski definition) is 8. The Morgan fingerprint density at radius 1 is 0.978 bits per heavy atom. The van der Waals surface area contributed by atoms with Crippen LogP contribution < -0.4 is 10.0 Å². The number of amides is 1. The smallest absolute Gasteiger partial charge is 0.303 e. The van der Waals surface area contributed by atoms with Crippen LogP contribution in [0.2, 0.25) is 0 Å². The van der Waals surface area contributed by atoms with Crippen molar-refractivity contribution in [3.8, 4) is 11.1 Å². The van der Waals surface area contributed by atoms with Crippen LogP contribution in [0.25, 0.3) is 11.1 Å². The largest absolute Gasteiger partial charge is 0.618 e. The summed E-state index contributed by atoms with van der Waals surface area (Å²) in [6.45, 7) is 5.14. The van der Waals surface area contributed by atoms with E-state index < -0.39 is 18.4 Å². The third-order valence-electron chi connectivity index (χ3n) is 7.98. The van der Waals surface area contributed by atoms with Crippen LogP contribution in [0.5, 0.6) is 0 Å². The van der Waals surface area contributed by atoms with E-state index in [0.717, 1.165) is 38.1 Å². The van der Waals surface area contributed by atoms with E-state index in [-0.39, 0.29) is 37.2 Å². The predicted octanol–water partition coefficient (Wildman–Crippen LogP) is 5.63. The molecule has 1 fully saturated rings. The van der Waals surface area contributed by atoms with E-state index in [9.17, 15) is 19.9 Å². The molecule has 240 valence electrons. The highest BCUT2D eigenvalue weighted by Crippen LogP contribution is 2.43. The highest BCUT2D eigenvalue weighted by atomic mass is 32.2. The Kier molecular flexibility index (Phi) is 11.1. The number of esters is 1. The van der Waals surface area contributed by atoms with Crippen LogP contribution in [0.3, 0.4) is 0 Å². The molecule has 0 unspecified atom stereocenters. The van der Waals surface area contributed by atoms with Gasteiger partial charge in [-0.05, 0) is 40.8 Å². The topological polar surface area (TPSA) is 121 Å². The SMILES string of the molecule is CC(=O)O[C@@H](C)C(=O)NCc1ccccc1-c1ccc([C@H]2O[C@@H](CSc3cccc[n+]3[O-])[C@@H](C)[C@@H](c3ccc(CO)cc3)O2)cc1. The molecule has 0 bridgehead atoms. The highest BCUT2D eigenvalue weighted by Gasteiger charge is 2.38. The molecule has 2 N–H and O–H groups in total. The molecule has 4 aromatic rings. The lowest BCUT2D eigenvalue weighted by Gasteiger charge is -2.41. The second kappa shape index (κ2) is 15.4. The second-order valence-electron chi connectivity index (χ2n) is 11.2. The Bertz CT molecular complexity index is 1630. The summed E-state index contributed by atoms with van der Waals surface area (Å²) in [5.41, 5.74) is 5.49. The third-order valence-corrected chi connectivity index (χ3v) is 9.09. The van der Waals surface area contributed by atoms with Crippen LogP contribution in [-0.2, 0) is 37.0 Å². The van der Waals surface area contributed by atoms with Gasteiger partial charge in [-0.1, -0.05) is 91.5 Å². The predicted molar refractivity (Wildman–Crippen MR) is 174 cm³/mol. The Labute approximate surface area is 273 Å². The monoisotopic (exact) mass is 642 g/mol. The molecule has 1 aliphatic rings. The van der Waals surface area contributed by atoms with Crippen molar-refractivity contribution in [2.45, 2.75) is 63.6 Å². The van der Waals surface area contributed by atoms with Crippen molar-refractivity contribution >= 4 is 23.6 Å². The summed E-state index contributed by atoms with van der Waals surface area (Å²) in [5.74, 6) is -0.332. The molecule has 0 spiro atoms. The zero-order valence-electron chi connectivity index (χ0n) is 26.0. The molecule has 2 heterocycles. The van der Waals surface area contributed by atoms with Gasteiger partial charge in [-0.15, -0.1) is 0 Å². The van der Waals surface area contributed by atoms with Crippen molar-refractivity contribution in [2.75, 3.05) is 5.75 Å². The number of carbonyl (C=O) groups excluding carboxylic acids is 2. The molecule has 1 saturated heterocycles. The molecule has 10 heteroatoms. The van der Waals surface area contributed by atoms with Gasteiger partial charge in [-0.3, -0.25) is 9.59 Å². The van der Waals surface area contributed by atoms with Gasteiger partial charge >= 0.3 is 5.97 Å². The number of rotatable bonds is 11. The number of aliphatic hydroxyl groups excluding tert-OH is 1. The summed E-state index contributed by atoms with van der Waals surface area (Å²) in [6, 6.07) is 28.9. The fourth-order valence-corrected chi connectivity index (χ4v) is 6.49. The number of benzene rings is 3. The number of aromatic nitrogens is 1. The fourth-order valence-electron chi connectivity index (χ4n) is 5.41. The molecule has 0 saturated carbocycles. The van der Waals surface area contributed by atoms with Crippen LogP contribution in [0.15, 0.2) is 102 Å². The number of thioether (sulfide) groups is 1. The Balaban J connectivity index is 1.35. The number of nitrogens with one attached hydrogen (secondary N) is 1. The zero-order chi connectivity index (χ0) is 32.6. The Morgan fingerprint density at radius 2 is 1.67 bits per heavy atom. The van der Waals surface area contributed by atoms with Gasteiger partial charge < -0.3 is 29.8 Å². The molecule has 1 amide bonds. The zero-order valence-corrected chi connectivity index (χ0v) is 26.8. The highest BCUT2D eigenvalue weighted by molar-refractivity contribution is 7.99. The van der Waals surface area contributed by atoms with Crippen molar-refractivity contribution in [3.63, 3.8) is 0 Å². The number of carbonyl (C=O) groups is 2. The minimum Gasteiger partial charge on any atom is -0.618 e. The number of pyridine rings is 1. The molecule has 46 heavy (non-hydrogen) atoms. The van der Waals surface area contributed by atoms with Gasteiger partial charge in [-0.2, -0.15) is 4.73 Å². The van der Waals surface area contributed by atoms with Crippen LogP contribution in [0.4, 0.5) is 0 Å². The molecule has 1 aromatic heterocycles. The van der Waals surface area contributed by atoms with Crippen LogP contribution in [-0.4, -0.2) is 34.9 Å². The molecule has 3 aromatic carbocycles. The molecular formula is C36H38N2O7S. The van der Waals surface area contributed by atoms with Crippen molar-refractivity contribution < 1.29 is 33.6 Å². The molecule has 5 atom stereocenters. The third kappa shape index (κ3) is 8.13. The maximum Gasteiger partial charge on any atom is 0.303 e. The molecule has 9 nitrogen and oxygen atoms in total. The normalized spacial score (nSPS) is 20.1. The van der Waals surface area contributed by atoms with Gasteiger partial charge in [0.1, 0.15) is 0 Å². The van der Waals surface area contributed by atoms with Gasteiger partial charge in [0.05, 0.1) is 18.8 Å². The number of nitrogens with zero attached hydrogens (tertiary/aromatic N) is 1. The first-order chi connectivity index (χ1) is 22.2. The summed E-state index contributed by atoms with van der Waals surface area (Å²) in [6.07, 6.45) is -0.529. The molecule has 1 aliphatic heterocycles. The van der Waals surface area contributed by atoms with Crippen molar-refractivity contribution in [1.29, 1.82) is 0 Å². The standard InChI is InChI=1S/C36H38N2O7S/c1-23-32(22-46-33-10-6-7-19-38(33)42)44-36(45-34(23)28-13-11-26(21-39)12-14-28)29-17-15-27(16-18-29)31-9-5-4-8-30(31)20-37-35(41)24(2)43-25(3)40/h4-19,23-24,32,34,36,39H,20-22H2,1-3H3,(H,37,41)/t23-,24+,32+,34+,36+/m1/s1. The average molecular weight is 643 g/mol. The number of aliphatic hydroxyl groups is 1. The van der Waals surface area contributed by atoms with Gasteiger partial charge in [0.15, 0.2) is 18.6 Å². The van der Waals surface area contributed by atoms with E-state index in [4.69, 9.17) is 14.2 Å². The summed E-state index contributed by atoms with van der Waals surface area (Å²) >= 11 is 1.45. The number of hydrogen-bond donors (Lipinski definition) is 2. The van der Waals surface area contributed by atoms with E-state index in [1.165, 1.54) is 31.8 Å². The minimum absolute atomic E-state index is 0.0162. The van der Waals surface area contributed by atoms with Gasteiger partial charge in [-0.25, -0.2) is 0 Å². The first-order valence-corrected chi connectivity index (χ1v) is 16.2. The summed E-state index contributed by atoms with van der Waals surface area (Å²) in [4.78, 5) is 23.7. The van der Waals surface area contributed by atoms with Crippen molar-refractivity contribution in [3.05, 3.63) is 125 Å². The van der Waals surface area contributed by atoms with E-state index in [1.807, 2.05) is 78.9 Å². The van der Waals surface area contributed by atoms with Crippen molar-refractivity contribution in [2.24, 2.45) is 5.92 Å². The first-order valence-electron chi connectivity index (χ1n) is 15.2. The van der Waals surface area contributed by atoms with Crippen LogP contribution in [0.1, 0.15) is 55.4 Å². The average Bonchev–Trinajstić information content (AvgIpc) is 3.07. The maximum absolute atomic E-state index is 12.4. The van der Waals surface area contributed by atoms with Crippen LogP contribution in [0, 0.1) is 11.1 Å². The Hall–Kier alpha value is -4.22. The summed E-state index contributed by atoms with van der Waals surface area (Å²) in [7, 11) is 0. The second-order valence-corrected chi connectivity index (χ2v) is 12.3. The number of ether oxygens (including phenoxy) is 3. The maximum atomic E-state index is 12.4.